The second-order valence-corrected chi connectivity index (χ2v) is 14.3. The van der Waals surface area contributed by atoms with Crippen LogP contribution < -0.4 is 9.64 Å². The topological polar surface area (TPSA) is 76.6 Å². The van der Waals surface area contributed by atoms with E-state index >= 15 is 0 Å². The first-order valence-electron chi connectivity index (χ1n) is 18.5. The third-order valence-corrected chi connectivity index (χ3v) is 10.4. The highest BCUT2D eigenvalue weighted by Gasteiger charge is 2.34. The van der Waals surface area contributed by atoms with Crippen LogP contribution >= 0.6 is 11.6 Å². The van der Waals surface area contributed by atoms with E-state index in [9.17, 15) is 23.2 Å². The zero-order valence-electron chi connectivity index (χ0n) is 30.9. The maximum absolute atomic E-state index is 14.6. The van der Waals surface area contributed by atoms with E-state index in [2.05, 4.69) is 14.5 Å². The molecule has 12 heteroatoms. The number of alkyl halides is 2. The third kappa shape index (κ3) is 11.1. The van der Waals surface area contributed by atoms with E-state index in [-0.39, 0.29) is 30.0 Å². The number of carbonyl (C=O) groups excluding carboxylic acids is 3. The Kier molecular flexibility index (Phi) is 13.5. The Morgan fingerprint density at radius 1 is 0.745 bits per heavy atom. The van der Waals surface area contributed by atoms with E-state index in [1.807, 2.05) is 88.7 Å². The fourth-order valence-corrected chi connectivity index (χ4v) is 7.13. The van der Waals surface area contributed by atoms with E-state index in [0.29, 0.717) is 56.3 Å². The quantitative estimate of drug-likeness (QED) is 0.143. The lowest BCUT2D eigenvalue weighted by atomic mass is 10.0. The fraction of sp³-hybridized carbons (Fsp3) is 0.326. The van der Waals surface area contributed by atoms with Crippen LogP contribution in [0.15, 0.2) is 109 Å². The van der Waals surface area contributed by atoms with E-state index in [1.54, 1.807) is 30.0 Å². The Hall–Kier alpha value is -5.26. The standard InChI is InChI=1S/C43H46ClF2N5O4/c1-32(52)48-25-27-49(28-26-48)38-16-9-36(10-17-38)31-51(41(53)20-13-33-11-18-39(19-12-33)55-43(45)46)40(29-34-5-3-2-4-6-34)42(54)50-23-21-47(22-24-50)30-35-7-14-37(44)15-8-35/h2-20,40,43H,21-31H2,1H3/b20-13+/t40-/m0/s1. The molecule has 2 aliphatic rings. The largest absolute Gasteiger partial charge is 0.435 e. The molecule has 6 rings (SSSR count). The second-order valence-electron chi connectivity index (χ2n) is 13.8. The molecule has 1 atom stereocenters. The van der Waals surface area contributed by atoms with E-state index in [4.69, 9.17) is 11.6 Å². The highest BCUT2D eigenvalue weighted by atomic mass is 35.5. The summed E-state index contributed by atoms with van der Waals surface area (Å²) in [6.07, 6.45) is 3.37. The van der Waals surface area contributed by atoms with Crippen molar-refractivity contribution < 1.29 is 27.9 Å². The van der Waals surface area contributed by atoms with Crippen LogP contribution in [0.3, 0.4) is 0 Å². The summed E-state index contributed by atoms with van der Waals surface area (Å²) in [6, 6.07) is 30.7. The number of anilines is 1. The van der Waals surface area contributed by atoms with Crippen molar-refractivity contribution >= 4 is 41.1 Å². The number of nitrogens with zero attached hydrogens (tertiary/aromatic N) is 5. The average molecular weight is 770 g/mol. The zero-order valence-corrected chi connectivity index (χ0v) is 31.7. The van der Waals surface area contributed by atoms with Gasteiger partial charge in [0.1, 0.15) is 11.8 Å². The molecule has 4 aromatic rings. The smallest absolute Gasteiger partial charge is 0.387 e. The highest BCUT2D eigenvalue weighted by molar-refractivity contribution is 6.30. The van der Waals surface area contributed by atoms with Crippen LogP contribution in [0.1, 0.15) is 29.2 Å². The summed E-state index contributed by atoms with van der Waals surface area (Å²) in [5, 5.41) is 0.690. The molecule has 2 saturated heterocycles. The molecule has 0 radical (unpaired) electrons. The van der Waals surface area contributed by atoms with Gasteiger partial charge in [0.2, 0.25) is 17.7 Å². The molecule has 4 aromatic carbocycles. The molecule has 55 heavy (non-hydrogen) atoms. The molecular weight excluding hydrogens is 724 g/mol. The van der Waals surface area contributed by atoms with Crippen molar-refractivity contribution in [1.29, 1.82) is 0 Å². The van der Waals surface area contributed by atoms with Crippen molar-refractivity contribution in [3.8, 4) is 5.75 Å². The molecule has 0 saturated carbocycles. The molecule has 3 amide bonds. The summed E-state index contributed by atoms with van der Waals surface area (Å²) in [5.74, 6) is -0.379. The van der Waals surface area contributed by atoms with Gasteiger partial charge in [-0.25, -0.2) is 0 Å². The van der Waals surface area contributed by atoms with Crippen molar-refractivity contribution in [2.45, 2.75) is 39.1 Å². The van der Waals surface area contributed by atoms with Crippen LogP contribution in [-0.2, 0) is 33.9 Å². The molecule has 9 nitrogen and oxygen atoms in total. The predicted octanol–water partition coefficient (Wildman–Crippen LogP) is 6.61. The molecule has 2 aliphatic heterocycles. The van der Waals surface area contributed by atoms with Gasteiger partial charge in [0.15, 0.2) is 0 Å². The van der Waals surface area contributed by atoms with Gasteiger partial charge in [-0.05, 0) is 64.7 Å². The van der Waals surface area contributed by atoms with Gasteiger partial charge in [-0.1, -0.05) is 78.3 Å². The average Bonchev–Trinajstić information content (AvgIpc) is 3.20. The number of carbonyl (C=O) groups is 3. The Balaban J connectivity index is 1.24. The molecule has 0 bridgehead atoms. The number of benzene rings is 4. The monoisotopic (exact) mass is 769 g/mol. The highest BCUT2D eigenvalue weighted by Crippen LogP contribution is 2.23. The minimum Gasteiger partial charge on any atom is -0.435 e. The molecule has 288 valence electrons. The minimum absolute atomic E-state index is 0.0195. The van der Waals surface area contributed by atoms with Crippen molar-refractivity contribution in [2.75, 3.05) is 57.3 Å². The first-order chi connectivity index (χ1) is 26.6. The maximum atomic E-state index is 14.6. The van der Waals surface area contributed by atoms with Crippen LogP contribution in [0.25, 0.3) is 6.08 Å². The van der Waals surface area contributed by atoms with E-state index in [0.717, 1.165) is 42.0 Å². The zero-order chi connectivity index (χ0) is 38.7. The van der Waals surface area contributed by atoms with Gasteiger partial charge < -0.3 is 24.3 Å². The van der Waals surface area contributed by atoms with E-state index in [1.165, 1.54) is 18.2 Å². The number of rotatable bonds is 13. The van der Waals surface area contributed by atoms with Crippen LogP contribution in [0.4, 0.5) is 14.5 Å². The van der Waals surface area contributed by atoms with Gasteiger partial charge in [0, 0.05) is 95.6 Å². The lowest BCUT2D eigenvalue weighted by Crippen LogP contribution is -2.56. The van der Waals surface area contributed by atoms with Gasteiger partial charge >= 0.3 is 6.61 Å². The Labute approximate surface area is 326 Å². The summed E-state index contributed by atoms with van der Waals surface area (Å²) in [7, 11) is 0. The predicted molar refractivity (Wildman–Crippen MR) is 211 cm³/mol. The first kappa shape index (κ1) is 39.4. The number of piperazine rings is 2. The third-order valence-electron chi connectivity index (χ3n) is 10.1. The summed E-state index contributed by atoms with van der Waals surface area (Å²) < 4.78 is 29.9. The van der Waals surface area contributed by atoms with Crippen LogP contribution in [0.5, 0.6) is 5.75 Å². The first-order valence-corrected chi connectivity index (χ1v) is 18.9. The molecule has 0 aromatic heterocycles. The molecule has 0 aliphatic carbocycles. The molecule has 0 spiro atoms. The van der Waals surface area contributed by atoms with Crippen LogP contribution in [0, 0.1) is 0 Å². The summed E-state index contributed by atoms with van der Waals surface area (Å²) >= 11 is 6.09. The van der Waals surface area contributed by atoms with E-state index < -0.39 is 12.7 Å². The number of hydrogen-bond donors (Lipinski definition) is 0. The number of ether oxygens (including phenoxy) is 1. The summed E-state index contributed by atoms with van der Waals surface area (Å²) in [5.41, 5.74) is 4.58. The lowest BCUT2D eigenvalue weighted by Gasteiger charge is -2.39. The molecule has 2 fully saturated rings. The van der Waals surface area contributed by atoms with Gasteiger partial charge in [-0.15, -0.1) is 0 Å². The van der Waals surface area contributed by atoms with Gasteiger partial charge in [0.25, 0.3) is 0 Å². The normalized spacial score (nSPS) is 15.7. The minimum atomic E-state index is -2.94. The van der Waals surface area contributed by atoms with Crippen LogP contribution in [0.2, 0.25) is 5.02 Å². The van der Waals surface area contributed by atoms with Crippen molar-refractivity contribution in [1.82, 2.24) is 19.6 Å². The molecule has 2 heterocycles. The summed E-state index contributed by atoms with van der Waals surface area (Å²) in [4.78, 5) is 50.7. The van der Waals surface area contributed by atoms with Crippen molar-refractivity contribution in [3.05, 3.63) is 136 Å². The number of hydrogen-bond acceptors (Lipinski definition) is 6. The lowest BCUT2D eigenvalue weighted by molar-refractivity contribution is -0.145. The Bertz CT molecular complexity index is 1900. The van der Waals surface area contributed by atoms with Crippen molar-refractivity contribution in [3.63, 3.8) is 0 Å². The van der Waals surface area contributed by atoms with Gasteiger partial charge in [-0.2, -0.15) is 8.78 Å². The number of amides is 3. The second kappa shape index (κ2) is 18.9. The van der Waals surface area contributed by atoms with Crippen molar-refractivity contribution in [2.24, 2.45) is 0 Å². The van der Waals surface area contributed by atoms with Gasteiger partial charge in [0.05, 0.1) is 0 Å². The molecule has 0 unspecified atom stereocenters. The number of halogens is 3. The fourth-order valence-electron chi connectivity index (χ4n) is 7.01. The SMILES string of the molecule is CC(=O)N1CCN(c2ccc(CN(C(=O)/C=C/c3ccc(OC(F)F)cc3)[C@@H](Cc3ccccc3)C(=O)N3CCN(Cc4ccc(Cl)cc4)CC3)cc2)CC1. The Morgan fingerprint density at radius 3 is 1.98 bits per heavy atom. The van der Waals surface area contributed by atoms with Gasteiger partial charge in [-0.3, -0.25) is 19.3 Å². The molecular formula is C43H46ClF2N5O4. The Morgan fingerprint density at radius 2 is 1.36 bits per heavy atom. The molecule has 0 N–H and O–H groups in total. The maximum Gasteiger partial charge on any atom is 0.387 e. The summed E-state index contributed by atoms with van der Waals surface area (Å²) in [6.45, 7) is 4.78. The van der Waals surface area contributed by atoms with Crippen LogP contribution in [-0.4, -0.2) is 102 Å².